The highest BCUT2D eigenvalue weighted by Gasteiger charge is 2.21. The molecule has 4 rings (SSSR count). The van der Waals surface area contributed by atoms with Gasteiger partial charge in [-0.3, -0.25) is 14.3 Å². The van der Waals surface area contributed by atoms with Gasteiger partial charge in [0.1, 0.15) is 11.4 Å². The molecule has 1 aliphatic carbocycles. The highest BCUT2D eigenvalue weighted by atomic mass is 16.5. The van der Waals surface area contributed by atoms with E-state index in [1.807, 2.05) is 30.3 Å². The summed E-state index contributed by atoms with van der Waals surface area (Å²) < 4.78 is 6.98. The summed E-state index contributed by atoms with van der Waals surface area (Å²) in [5.41, 5.74) is 1.30. The minimum atomic E-state index is -0.400. The molecule has 0 spiro atoms. The molecule has 6 heteroatoms. The standard InChI is InChI=1S/C20H21N3O3/c1-26-15-9-5-6-13(12-15)16-10-11-21-18-17(16)19(24)22-20(25)23(18)14-7-3-2-4-8-14/h5-6,9-12,14H,2-4,7-8H2,1H3,(H,22,24,25). The van der Waals surface area contributed by atoms with E-state index in [2.05, 4.69) is 9.97 Å². The van der Waals surface area contributed by atoms with E-state index in [0.717, 1.165) is 36.8 Å². The van der Waals surface area contributed by atoms with Crippen molar-refractivity contribution in [1.29, 1.82) is 0 Å². The minimum Gasteiger partial charge on any atom is -0.497 e. The average molecular weight is 351 g/mol. The van der Waals surface area contributed by atoms with Gasteiger partial charge in [-0.15, -0.1) is 0 Å². The van der Waals surface area contributed by atoms with Crippen LogP contribution in [0.3, 0.4) is 0 Å². The molecule has 1 N–H and O–H groups in total. The van der Waals surface area contributed by atoms with Crippen molar-refractivity contribution >= 4 is 11.0 Å². The van der Waals surface area contributed by atoms with Gasteiger partial charge in [-0.05, 0) is 42.2 Å². The third kappa shape index (κ3) is 2.81. The number of methoxy groups -OCH3 is 1. The molecule has 0 amide bonds. The molecular formula is C20H21N3O3. The Hall–Kier alpha value is -2.89. The largest absolute Gasteiger partial charge is 0.497 e. The maximum absolute atomic E-state index is 12.6. The Balaban J connectivity index is 1.99. The summed E-state index contributed by atoms with van der Waals surface area (Å²) in [6.07, 6.45) is 6.91. The molecule has 1 saturated carbocycles. The molecule has 26 heavy (non-hydrogen) atoms. The Kier molecular flexibility index (Phi) is 4.32. The van der Waals surface area contributed by atoms with Crippen LogP contribution in [-0.4, -0.2) is 21.6 Å². The van der Waals surface area contributed by atoms with Gasteiger partial charge in [-0.25, -0.2) is 9.78 Å². The molecule has 2 aromatic heterocycles. The molecule has 0 aliphatic heterocycles. The molecular weight excluding hydrogens is 330 g/mol. The van der Waals surface area contributed by atoms with Crippen molar-refractivity contribution in [1.82, 2.24) is 14.5 Å². The number of aromatic nitrogens is 3. The lowest BCUT2D eigenvalue weighted by atomic mass is 9.95. The number of nitrogens with zero attached hydrogens (tertiary/aromatic N) is 2. The van der Waals surface area contributed by atoms with Gasteiger partial charge in [-0.1, -0.05) is 31.4 Å². The maximum atomic E-state index is 12.6. The molecule has 0 unspecified atom stereocenters. The van der Waals surface area contributed by atoms with Crippen molar-refractivity contribution in [2.24, 2.45) is 0 Å². The van der Waals surface area contributed by atoms with Gasteiger partial charge in [0, 0.05) is 12.2 Å². The molecule has 0 radical (unpaired) electrons. The topological polar surface area (TPSA) is 77.0 Å². The van der Waals surface area contributed by atoms with Gasteiger partial charge in [0.15, 0.2) is 0 Å². The monoisotopic (exact) mass is 351 g/mol. The van der Waals surface area contributed by atoms with Crippen LogP contribution in [0.2, 0.25) is 0 Å². The Bertz CT molecular complexity index is 1060. The lowest BCUT2D eigenvalue weighted by Crippen LogP contribution is -2.34. The van der Waals surface area contributed by atoms with E-state index in [4.69, 9.17) is 4.74 Å². The first-order valence-corrected chi connectivity index (χ1v) is 8.97. The van der Waals surface area contributed by atoms with Crippen LogP contribution >= 0.6 is 0 Å². The molecule has 0 atom stereocenters. The smallest absolute Gasteiger partial charge is 0.330 e. The number of hydrogen-bond donors (Lipinski definition) is 1. The first kappa shape index (κ1) is 16.6. The van der Waals surface area contributed by atoms with Crippen LogP contribution in [0.1, 0.15) is 38.1 Å². The summed E-state index contributed by atoms with van der Waals surface area (Å²) in [6.45, 7) is 0. The van der Waals surface area contributed by atoms with Crippen LogP contribution in [0.25, 0.3) is 22.2 Å². The fourth-order valence-corrected chi connectivity index (χ4v) is 3.88. The molecule has 6 nitrogen and oxygen atoms in total. The molecule has 3 aromatic rings. The number of aromatic amines is 1. The highest BCUT2D eigenvalue weighted by Crippen LogP contribution is 2.31. The molecule has 0 saturated heterocycles. The Morgan fingerprint density at radius 2 is 1.96 bits per heavy atom. The third-order valence-electron chi connectivity index (χ3n) is 5.15. The molecule has 1 aromatic carbocycles. The van der Waals surface area contributed by atoms with E-state index < -0.39 is 5.56 Å². The third-order valence-corrected chi connectivity index (χ3v) is 5.15. The summed E-state index contributed by atoms with van der Waals surface area (Å²) in [4.78, 5) is 32.1. The second kappa shape index (κ2) is 6.78. The van der Waals surface area contributed by atoms with Crippen LogP contribution in [0.5, 0.6) is 5.75 Å². The number of H-pyrrole nitrogens is 1. The first-order chi connectivity index (χ1) is 12.7. The fourth-order valence-electron chi connectivity index (χ4n) is 3.88. The summed E-state index contributed by atoms with van der Waals surface area (Å²) in [5.74, 6) is 0.712. The number of benzene rings is 1. The van der Waals surface area contributed by atoms with Gasteiger partial charge < -0.3 is 4.74 Å². The van der Waals surface area contributed by atoms with Crippen LogP contribution in [0.4, 0.5) is 0 Å². The quantitative estimate of drug-likeness (QED) is 0.786. The Labute approximate surface area is 150 Å². The van der Waals surface area contributed by atoms with Crippen LogP contribution in [0, 0.1) is 0 Å². The molecule has 1 fully saturated rings. The number of hydrogen-bond acceptors (Lipinski definition) is 4. The fraction of sp³-hybridized carbons (Fsp3) is 0.350. The zero-order valence-electron chi connectivity index (χ0n) is 14.7. The predicted molar refractivity (Wildman–Crippen MR) is 101 cm³/mol. The van der Waals surface area contributed by atoms with Gasteiger partial charge in [-0.2, -0.15) is 0 Å². The summed E-state index contributed by atoms with van der Waals surface area (Å²) in [6, 6.07) is 9.43. The summed E-state index contributed by atoms with van der Waals surface area (Å²) in [7, 11) is 1.61. The lowest BCUT2D eigenvalue weighted by molar-refractivity contribution is 0.349. The van der Waals surface area contributed by atoms with E-state index in [0.29, 0.717) is 16.8 Å². The van der Waals surface area contributed by atoms with Crippen molar-refractivity contribution in [3.63, 3.8) is 0 Å². The van der Waals surface area contributed by atoms with Crippen molar-refractivity contribution in [3.8, 4) is 16.9 Å². The Morgan fingerprint density at radius 1 is 1.15 bits per heavy atom. The summed E-state index contributed by atoms with van der Waals surface area (Å²) in [5, 5.41) is 0.450. The lowest BCUT2D eigenvalue weighted by Gasteiger charge is -2.24. The minimum absolute atomic E-state index is 0.0867. The average Bonchev–Trinajstić information content (AvgIpc) is 2.68. The van der Waals surface area contributed by atoms with Crippen molar-refractivity contribution < 1.29 is 4.74 Å². The van der Waals surface area contributed by atoms with Crippen LogP contribution in [0.15, 0.2) is 46.1 Å². The Morgan fingerprint density at radius 3 is 2.73 bits per heavy atom. The van der Waals surface area contributed by atoms with Crippen LogP contribution in [-0.2, 0) is 0 Å². The number of fused-ring (bicyclic) bond motifs is 1. The second-order valence-corrected chi connectivity index (χ2v) is 6.71. The second-order valence-electron chi connectivity index (χ2n) is 6.71. The molecule has 1 aliphatic rings. The van der Waals surface area contributed by atoms with Crippen molar-refractivity contribution in [2.45, 2.75) is 38.1 Å². The molecule has 0 bridgehead atoms. The zero-order chi connectivity index (χ0) is 18.1. The number of ether oxygens (including phenoxy) is 1. The molecule has 2 heterocycles. The number of rotatable bonds is 3. The van der Waals surface area contributed by atoms with E-state index >= 15 is 0 Å². The van der Waals surface area contributed by atoms with Crippen LogP contribution < -0.4 is 16.0 Å². The summed E-state index contributed by atoms with van der Waals surface area (Å²) >= 11 is 0. The zero-order valence-corrected chi connectivity index (χ0v) is 14.7. The van der Waals surface area contributed by atoms with E-state index in [-0.39, 0.29) is 11.7 Å². The highest BCUT2D eigenvalue weighted by molar-refractivity contribution is 5.92. The first-order valence-electron chi connectivity index (χ1n) is 8.97. The van der Waals surface area contributed by atoms with E-state index in [9.17, 15) is 9.59 Å². The van der Waals surface area contributed by atoms with E-state index in [1.54, 1.807) is 17.9 Å². The number of pyridine rings is 1. The predicted octanol–water partition coefficient (Wildman–Crippen LogP) is 3.27. The molecule has 134 valence electrons. The van der Waals surface area contributed by atoms with E-state index in [1.165, 1.54) is 6.42 Å². The van der Waals surface area contributed by atoms with Gasteiger partial charge >= 0.3 is 5.69 Å². The SMILES string of the molecule is COc1cccc(-c2ccnc3c2c(=O)[nH]c(=O)n3C2CCCCC2)c1. The maximum Gasteiger partial charge on any atom is 0.330 e. The van der Waals surface area contributed by atoms with Gasteiger partial charge in [0.05, 0.1) is 12.5 Å². The normalized spacial score (nSPS) is 15.3. The number of nitrogens with one attached hydrogen (secondary N) is 1. The van der Waals surface area contributed by atoms with Gasteiger partial charge in [0.2, 0.25) is 0 Å². The van der Waals surface area contributed by atoms with Crippen molar-refractivity contribution in [3.05, 3.63) is 57.4 Å². The van der Waals surface area contributed by atoms with Crippen molar-refractivity contribution in [2.75, 3.05) is 7.11 Å². The van der Waals surface area contributed by atoms with Gasteiger partial charge in [0.25, 0.3) is 5.56 Å².